The highest BCUT2D eigenvalue weighted by Crippen LogP contribution is 2.18. The normalized spacial score (nSPS) is 10.3. The van der Waals surface area contributed by atoms with Crippen LogP contribution in [0.2, 0.25) is 0 Å². The first-order valence-electron chi connectivity index (χ1n) is 8.45. The summed E-state index contributed by atoms with van der Waals surface area (Å²) in [6.45, 7) is 1.55. The van der Waals surface area contributed by atoms with E-state index in [0.717, 1.165) is 37.4 Å². The molecule has 0 fully saturated rings. The first kappa shape index (κ1) is 16.1. The quantitative estimate of drug-likeness (QED) is 0.568. The average Bonchev–Trinajstić information content (AvgIpc) is 2.66. The van der Waals surface area contributed by atoms with Crippen molar-refractivity contribution in [2.45, 2.75) is 19.4 Å². The zero-order valence-corrected chi connectivity index (χ0v) is 13.8. The first-order chi connectivity index (χ1) is 11.9. The van der Waals surface area contributed by atoms with E-state index in [1.165, 1.54) is 11.1 Å². The Morgan fingerprint density at radius 3 is 2.17 bits per heavy atom. The maximum atomic E-state index is 5.88. The summed E-state index contributed by atoms with van der Waals surface area (Å²) < 4.78 is 5.88. The van der Waals surface area contributed by atoms with E-state index in [2.05, 4.69) is 66.0 Å². The maximum Gasteiger partial charge on any atom is 0.121 e. The fourth-order valence-corrected chi connectivity index (χ4v) is 2.61. The minimum absolute atomic E-state index is 0.733. The van der Waals surface area contributed by atoms with Crippen LogP contribution >= 0.6 is 0 Å². The van der Waals surface area contributed by atoms with Crippen LogP contribution < -0.4 is 10.1 Å². The lowest BCUT2D eigenvalue weighted by Gasteiger charge is -2.10. The number of benzene rings is 3. The molecule has 0 radical (unpaired) electrons. The maximum absolute atomic E-state index is 5.88. The van der Waals surface area contributed by atoms with E-state index < -0.39 is 0 Å². The van der Waals surface area contributed by atoms with Crippen LogP contribution in [-0.2, 0) is 13.0 Å². The Morgan fingerprint density at radius 1 is 0.708 bits per heavy atom. The van der Waals surface area contributed by atoms with Gasteiger partial charge in [-0.2, -0.15) is 0 Å². The predicted molar refractivity (Wildman–Crippen MR) is 100 cm³/mol. The third-order valence-corrected chi connectivity index (χ3v) is 3.89. The summed E-state index contributed by atoms with van der Waals surface area (Å²) in [7, 11) is 0. The van der Waals surface area contributed by atoms with Crippen LogP contribution in [0.4, 0.5) is 5.69 Å². The number of aryl methyl sites for hydroxylation is 1. The second kappa shape index (κ2) is 8.78. The second-order valence-corrected chi connectivity index (χ2v) is 5.80. The molecule has 0 saturated carbocycles. The van der Waals surface area contributed by atoms with Gasteiger partial charge in [-0.15, -0.1) is 0 Å². The SMILES string of the molecule is c1ccc(CCCOc2cccc(NCc3ccccc3)c2)cc1. The number of anilines is 1. The molecule has 0 bridgehead atoms. The van der Waals surface area contributed by atoms with Gasteiger partial charge >= 0.3 is 0 Å². The molecule has 0 aliphatic carbocycles. The largest absolute Gasteiger partial charge is 0.494 e. The lowest BCUT2D eigenvalue weighted by molar-refractivity contribution is 0.311. The Labute approximate surface area is 144 Å². The fourth-order valence-electron chi connectivity index (χ4n) is 2.61. The molecule has 3 aromatic rings. The van der Waals surface area contributed by atoms with Crippen LogP contribution in [-0.4, -0.2) is 6.61 Å². The van der Waals surface area contributed by atoms with Crippen LogP contribution in [0.15, 0.2) is 84.9 Å². The molecule has 0 aliphatic heterocycles. The van der Waals surface area contributed by atoms with E-state index >= 15 is 0 Å². The van der Waals surface area contributed by atoms with E-state index in [1.807, 2.05) is 24.3 Å². The number of rotatable bonds is 8. The van der Waals surface area contributed by atoms with E-state index in [9.17, 15) is 0 Å². The van der Waals surface area contributed by atoms with Gasteiger partial charge in [0.25, 0.3) is 0 Å². The molecule has 2 nitrogen and oxygen atoms in total. The molecule has 0 saturated heterocycles. The van der Waals surface area contributed by atoms with Crippen LogP contribution in [0.3, 0.4) is 0 Å². The van der Waals surface area contributed by atoms with Gasteiger partial charge in [-0.05, 0) is 36.1 Å². The summed E-state index contributed by atoms with van der Waals surface area (Å²) in [5.41, 5.74) is 3.71. The van der Waals surface area contributed by atoms with Crippen molar-refractivity contribution in [3.8, 4) is 5.75 Å². The molecule has 0 aliphatic rings. The highest BCUT2D eigenvalue weighted by atomic mass is 16.5. The van der Waals surface area contributed by atoms with Gasteiger partial charge in [-0.3, -0.25) is 0 Å². The summed E-state index contributed by atoms with van der Waals surface area (Å²) in [6.07, 6.45) is 2.07. The van der Waals surface area contributed by atoms with Crippen molar-refractivity contribution in [2.75, 3.05) is 11.9 Å². The van der Waals surface area contributed by atoms with Crippen LogP contribution in [0, 0.1) is 0 Å². The van der Waals surface area contributed by atoms with Gasteiger partial charge in [0.2, 0.25) is 0 Å². The molecule has 2 heteroatoms. The Balaban J connectivity index is 1.45. The molecule has 0 amide bonds. The molecule has 0 aromatic heterocycles. The first-order valence-corrected chi connectivity index (χ1v) is 8.45. The van der Waals surface area contributed by atoms with Crippen molar-refractivity contribution in [3.05, 3.63) is 96.1 Å². The van der Waals surface area contributed by atoms with E-state index in [-0.39, 0.29) is 0 Å². The Morgan fingerprint density at radius 2 is 1.42 bits per heavy atom. The highest BCUT2D eigenvalue weighted by molar-refractivity contribution is 5.48. The smallest absolute Gasteiger partial charge is 0.121 e. The van der Waals surface area contributed by atoms with Crippen molar-refractivity contribution >= 4 is 5.69 Å². The Bertz CT molecular complexity index is 725. The topological polar surface area (TPSA) is 21.3 Å². The van der Waals surface area contributed by atoms with Crippen molar-refractivity contribution in [2.24, 2.45) is 0 Å². The van der Waals surface area contributed by atoms with E-state index in [0.29, 0.717) is 0 Å². The second-order valence-electron chi connectivity index (χ2n) is 5.80. The number of ether oxygens (including phenoxy) is 1. The summed E-state index contributed by atoms with van der Waals surface area (Å²) >= 11 is 0. The predicted octanol–water partition coefficient (Wildman–Crippen LogP) is 5.31. The summed E-state index contributed by atoms with van der Waals surface area (Å²) in [4.78, 5) is 0. The van der Waals surface area contributed by atoms with Crippen LogP contribution in [0.5, 0.6) is 5.75 Å². The summed E-state index contributed by atoms with van der Waals surface area (Å²) in [5, 5.41) is 3.44. The van der Waals surface area contributed by atoms with Crippen molar-refractivity contribution in [1.29, 1.82) is 0 Å². The van der Waals surface area contributed by atoms with E-state index in [4.69, 9.17) is 4.74 Å². The lowest BCUT2D eigenvalue weighted by Crippen LogP contribution is -2.01. The van der Waals surface area contributed by atoms with Crippen molar-refractivity contribution < 1.29 is 4.74 Å². The minimum Gasteiger partial charge on any atom is -0.494 e. The van der Waals surface area contributed by atoms with Gasteiger partial charge in [0.1, 0.15) is 5.75 Å². The average molecular weight is 317 g/mol. The number of nitrogens with one attached hydrogen (secondary N) is 1. The minimum atomic E-state index is 0.733. The molecule has 3 aromatic carbocycles. The molecule has 24 heavy (non-hydrogen) atoms. The van der Waals surface area contributed by atoms with Crippen molar-refractivity contribution in [1.82, 2.24) is 0 Å². The zero-order valence-electron chi connectivity index (χ0n) is 13.8. The third kappa shape index (κ3) is 5.17. The highest BCUT2D eigenvalue weighted by Gasteiger charge is 1.98. The third-order valence-electron chi connectivity index (χ3n) is 3.89. The molecule has 0 heterocycles. The van der Waals surface area contributed by atoms with Crippen molar-refractivity contribution in [3.63, 3.8) is 0 Å². The van der Waals surface area contributed by atoms with Gasteiger partial charge in [0, 0.05) is 18.3 Å². The molecule has 0 atom stereocenters. The number of hydrogen-bond donors (Lipinski definition) is 1. The van der Waals surface area contributed by atoms with Crippen LogP contribution in [0.1, 0.15) is 17.5 Å². The van der Waals surface area contributed by atoms with Gasteiger partial charge in [0.05, 0.1) is 6.61 Å². The lowest BCUT2D eigenvalue weighted by atomic mass is 10.1. The molecule has 122 valence electrons. The molecule has 1 N–H and O–H groups in total. The molecule has 0 spiro atoms. The monoisotopic (exact) mass is 317 g/mol. The summed E-state index contributed by atoms with van der Waals surface area (Å²) in [5.74, 6) is 0.918. The zero-order chi connectivity index (χ0) is 16.5. The molecular weight excluding hydrogens is 294 g/mol. The Kier molecular flexibility index (Phi) is 5.90. The van der Waals surface area contributed by atoms with Gasteiger partial charge < -0.3 is 10.1 Å². The fraction of sp³-hybridized carbons (Fsp3) is 0.182. The molecule has 0 unspecified atom stereocenters. The van der Waals surface area contributed by atoms with Crippen LogP contribution in [0.25, 0.3) is 0 Å². The van der Waals surface area contributed by atoms with Gasteiger partial charge in [-0.1, -0.05) is 66.7 Å². The Hall–Kier alpha value is -2.74. The van der Waals surface area contributed by atoms with Gasteiger partial charge in [-0.25, -0.2) is 0 Å². The summed E-state index contributed by atoms with van der Waals surface area (Å²) in [6, 6.07) is 29.1. The standard InChI is InChI=1S/C22H23NO/c1-3-9-19(10-4-1)13-8-16-24-22-15-7-14-21(17-22)23-18-20-11-5-2-6-12-20/h1-7,9-12,14-15,17,23H,8,13,16,18H2. The molecular formula is C22H23NO. The van der Waals surface area contributed by atoms with Gasteiger partial charge in [0.15, 0.2) is 0 Å². The van der Waals surface area contributed by atoms with E-state index in [1.54, 1.807) is 0 Å². The number of hydrogen-bond acceptors (Lipinski definition) is 2. The molecule has 3 rings (SSSR count).